The van der Waals surface area contributed by atoms with Crippen LogP contribution in [0.5, 0.6) is 0 Å². The number of aromatic nitrogens is 2. The van der Waals surface area contributed by atoms with E-state index in [2.05, 4.69) is 36.5 Å². The minimum Gasteiger partial charge on any atom is -0.354 e. The molecule has 1 aromatic heterocycles. The van der Waals surface area contributed by atoms with E-state index in [0.29, 0.717) is 6.54 Å². The lowest BCUT2D eigenvalue weighted by Crippen LogP contribution is -2.07. The van der Waals surface area contributed by atoms with Gasteiger partial charge in [-0.05, 0) is 19.1 Å². The zero-order valence-electron chi connectivity index (χ0n) is 10.3. The number of nitrogens with zero attached hydrogens (tertiary/aromatic N) is 2. The molecule has 0 amide bonds. The van der Waals surface area contributed by atoms with Crippen molar-refractivity contribution in [1.82, 2.24) is 9.97 Å². The highest BCUT2D eigenvalue weighted by molar-refractivity contribution is 9.10. The maximum absolute atomic E-state index is 13.7. The van der Waals surface area contributed by atoms with Crippen LogP contribution in [0, 0.1) is 17.5 Å². The zero-order valence-corrected chi connectivity index (χ0v) is 11.9. The molecule has 0 saturated heterocycles. The fourth-order valence-corrected chi connectivity index (χ4v) is 1.88. The molecule has 0 spiro atoms. The van der Waals surface area contributed by atoms with Gasteiger partial charge in [0.1, 0.15) is 5.69 Å². The van der Waals surface area contributed by atoms with Gasteiger partial charge in [0.2, 0.25) is 5.95 Å². The van der Waals surface area contributed by atoms with Gasteiger partial charge in [0.05, 0.1) is 6.20 Å². The Morgan fingerprint density at radius 1 is 1.15 bits per heavy atom. The molecular weight excluding hydrogens is 337 g/mol. The van der Waals surface area contributed by atoms with E-state index in [1.54, 1.807) is 0 Å². The van der Waals surface area contributed by atoms with Crippen LogP contribution in [0.4, 0.5) is 30.6 Å². The quantitative estimate of drug-likeness (QED) is 0.883. The Balaban J connectivity index is 2.37. The number of halogens is 4. The number of anilines is 3. The highest BCUT2D eigenvalue weighted by atomic mass is 79.9. The lowest BCUT2D eigenvalue weighted by atomic mass is 10.3. The van der Waals surface area contributed by atoms with E-state index in [9.17, 15) is 13.2 Å². The monoisotopic (exact) mass is 346 g/mol. The van der Waals surface area contributed by atoms with Gasteiger partial charge >= 0.3 is 0 Å². The standard InChI is InChI=1S/C12H10BrF3N4/c1-2-17-12-18-5-9(16)11(20-12)19-10-7(14)3-6(13)4-8(10)15/h3-5H,2H2,1H3,(H2,17,18,19,20). The Kier molecular flexibility index (Phi) is 4.43. The van der Waals surface area contributed by atoms with Crippen molar-refractivity contribution in [2.24, 2.45) is 0 Å². The van der Waals surface area contributed by atoms with E-state index in [1.807, 2.05) is 6.92 Å². The van der Waals surface area contributed by atoms with Gasteiger partial charge in [-0.1, -0.05) is 15.9 Å². The first-order valence-electron chi connectivity index (χ1n) is 5.69. The molecule has 0 aliphatic rings. The molecule has 20 heavy (non-hydrogen) atoms. The van der Waals surface area contributed by atoms with Gasteiger partial charge in [-0.3, -0.25) is 0 Å². The molecular formula is C12H10BrF3N4. The predicted molar refractivity (Wildman–Crippen MR) is 73.5 cm³/mol. The summed E-state index contributed by atoms with van der Waals surface area (Å²) >= 11 is 2.96. The highest BCUT2D eigenvalue weighted by Gasteiger charge is 2.14. The van der Waals surface area contributed by atoms with Crippen molar-refractivity contribution in [3.05, 3.63) is 40.3 Å². The molecule has 1 aromatic carbocycles. The summed E-state index contributed by atoms with van der Waals surface area (Å²) in [7, 11) is 0. The Morgan fingerprint density at radius 2 is 1.80 bits per heavy atom. The van der Waals surface area contributed by atoms with Crippen LogP contribution in [0.1, 0.15) is 6.92 Å². The first kappa shape index (κ1) is 14.6. The summed E-state index contributed by atoms with van der Waals surface area (Å²) in [5.41, 5.74) is -0.478. The van der Waals surface area contributed by atoms with Crippen LogP contribution in [-0.4, -0.2) is 16.5 Å². The average molecular weight is 347 g/mol. The summed E-state index contributed by atoms with van der Waals surface area (Å²) in [6.07, 6.45) is 0.919. The molecule has 0 saturated carbocycles. The van der Waals surface area contributed by atoms with E-state index < -0.39 is 23.1 Å². The van der Waals surface area contributed by atoms with Crippen LogP contribution in [-0.2, 0) is 0 Å². The first-order valence-corrected chi connectivity index (χ1v) is 6.48. The van der Waals surface area contributed by atoms with Crippen molar-refractivity contribution in [1.29, 1.82) is 0 Å². The van der Waals surface area contributed by atoms with Crippen molar-refractivity contribution < 1.29 is 13.2 Å². The van der Waals surface area contributed by atoms with E-state index in [-0.39, 0.29) is 16.2 Å². The van der Waals surface area contributed by atoms with Crippen LogP contribution in [0.15, 0.2) is 22.8 Å². The van der Waals surface area contributed by atoms with Crippen LogP contribution >= 0.6 is 15.9 Å². The first-order chi connectivity index (χ1) is 9.51. The SMILES string of the molecule is CCNc1ncc(F)c(Nc2c(F)cc(Br)cc2F)n1. The van der Waals surface area contributed by atoms with Gasteiger partial charge < -0.3 is 10.6 Å². The molecule has 0 aliphatic heterocycles. The molecule has 2 rings (SSSR count). The van der Waals surface area contributed by atoms with Crippen LogP contribution in [0.2, 0.25) is 0 Å². The normalized spacial score (nSPS) is 10.4. The Hall–Kier alpha value is -1.83. The van der Waals surface area contributed by atoms with E-state index in [1.165, 1.54) is 0 Å². The van der Waals surface area contributed by atoms with E-state index in [4.69, 9.17) is 0 Å². The summed E-state index contributed by atoms with van der Waals surface area (Å²) < 4.78 is 41.1. The molecule has 4 nitrogen and oxygen atoms in total. The van der Waals surface area contributed by atoms with Crippen molar-refractivity contribution in [3.63, 3.8) is 0 Å². The van der Waals surface area contributed by atoms with Gasteiger partial charge in [0.15, 0.2) is 23.3 Å². The molecule has 0 bridgehead atoms. The van der Waals surface area contributed by atoms with Gasteiger partial charge in [-0.2, -0.15) is 4.98 Å². The third kappa shape index (κ3) is 3.19. The van der Waals surface area contributed by atoms with Crippen molar-refractivity contribution in [2.75, 3.05) is 17.2 Å². The number of nitrogens with one attached hydrogen (secondary N) is 2. The highest BCUT2D eigenvalue weighted by Crippen LogP contribution is 2.27. The number of hydrogen-bond acceptors (Lipinski definition) is 4. The molecule has 2 aromatic rings. The number of hydrogen-bond donors (Lipinski definition) is 2. The zero-order chi connectivity index (χ0) is 14.7. The Bertz CT molecular complexity index is 613. The molecule has 1 heterocycles. The molecule has 0 fully saturated rings. The smallest absolute Gasteiger partial charge is 0.224 e. The topological polar surface area (TPSA) is 49.8 Å². The van der Waals surface area contributed by atoms with E-state index in [0.717, 1.165) is 18.3 Å². The fourth-order valence-electron chi connectivity index (χ4n) is 1.48. The molecule has 0 unspecified atom stereocenters. The van der Waals surface area contributed by atoms with Crippen LogP contribution < -0.4 is 10.6 Å². The molecule has 0 atom stereocenters. The molecule has 8 heteroatoms. The summed E-state index contributed by atoms with van der Waals surface area (Å²) in [6, 6.07) is 2.13. The molecule has 0 aliphatic carbocycles. The van der Waals surface area contributed by atoms with E-state index >= 15 is 0 Å². The largest absolute Gasteiger partial charge is 0.354 e. The number of rotatable bonds is 4. The fraction of sp³-hybridized carbons (Fsp3) is 0.167. The summed E-state index contributed by atoms with van der Waals surface area (Å²) in [6.45, 7) is 2.35. The lowest BCUT2D eigenvalue weighted by Gasteiger charge is -2.10. The van der Waals surface area contributed by atoms with Crippen LogP contribution in [0.25, 0.3) is 0 Å². The summed E-state index contributed by atoms with van der Waals surface area (Å²) in [5.74, 6) is -2.68. The minimum atomic E-state index is -0.861. The second-order valence-electron chi connectivity index (χ2n) is 3.79. The molecule has 106 valence electrons. The average Bonchev–Trinajstić information content (AvgIpc) is 2.37. The Morgan fingerprint density at radius 3 is 2.40 bits per heavy atom. The Labute approximate surface area is 121 Å². The summed E-state index contributed by atoms with van der Waals surface area (Å²) in [4.78, 5) is 7.51. The van der Waals surface area contributed by atoms with Crippen molar-refractivity contribution in [3.8, 4) is 0 Å². The van der Waals surface area contributed by atoms with Gasteiger partial charge in [0, 0.05) is 11.0 Å². The van der Waals surface area contributed by atoms with Gasteiger partial charge in [0.25, 0.3) is 0 Å². The third-order valence-electron chi connectivity index (χ3n) is 2.33. The maximum atomic E-state index is 13.7. The number of benzene rings is 1. The lowest BCUT2D eigenvalue weighted by molar-refractivity contribution is 0.586. The minimum absolute atomic E-state index is 0.161. The molecule has 0 radical (unpaired) electrons. The molecule has 2 N–H and O–H groups in total. The summed E-state index contributed by atoms with van der Waals surface area (Å²) in [5, 5.41) is 5.07. The second kappa shape index (κ2) is 6.08. The third-order valence-corrected chi connectivity index (χ3v) is 2.79. The van der Waals surface area contributed by atoms with Crippen molar-refractivity contribution in [2.45, 2.75) is 6.92 Å². The van der Waals surface area contributed by atoms with Gasteiger partial charge in [-0.25, -0.2) is 18.2 Å². The predicted octanol–water partition coefficient (Wildman–Crippen LogP) is 3.83. The maximum Gasteiger partial charge on any atom is 0.224 e. The van der Waals surface area contributed by atoms with Crippen molar-refractivity contribution >= 4 is 33.4 Å². The van der Waals surface area contributed by atoms with Gasteiger partial charge in [-0.15, -0.1) is 0 Å². The second-order valence-corrected chi connectivity index (χ2v) is 4.71. The van der Waals surface area contributed by atoms with Crippen LogP contribution in [0.3, 0.4) is 0 Å².